The first-order valence-corrected chi connectivity index (χ1v) is 9.80. The van der Waals surface area contributed by atoms with Crippen LogP contribution in [0.3, 0.4) is 0 Å². The van der Waals surface area contributed by atoms with Gasteiger partial charge in [-0.25, -0.2) is 0 Å². The predicted molar refractivity (Wildman–Crippen MR) is 108 cm³/mol. The molecule has 5 heteroatoms. The standard InChI is InChI=1S/C20H33ClN4/c1-15(2)13-25-11-5-6-17(14-25)12-23-20(22-4)24-16(3)18-7-9-19(21)10-8-18/h7-10,15-17H,5-6,11-14H2,1-4H3,(H2,22,23,24). The first-order valence-electron chi connectivity index (χ1n) is 9.43. The van der Waals surface area contributed by atoms with Crippen molar-refractivity contribution < 1.29 is 0 Å². The van der Waals surface area contributed by atoms with Gasteiger partial charge in [-0.1, -0.05) is 37.6 Å². The lowest BCUT2D eigenvalue weighted by molar-refractivity contribution is 0.159. The number of nitrogens with one attached hydrogen (secondary N) is 2. The second-order valence-corrected chi connectivity index (χ2v) is 7.97. The van der Waals surface area contributed by atoms with E-state index in [0.29, 0.717) is 5.92 Å². The minimum absolute atomic E-state index is 0.187. The van der Waals surface area contributed by atoms with E-state index in [1.807, 2.05) is 19.2 Å². The van der Waals surface area contributed by atoms with Crippen molar-refractivity contribution in [2.24, 2.45) is 16.8 Å². The van der Waals surface area contributed by atoms with Crippen LogP contribution in [0.2, 0.25) is 5.02 Å². The molecule has 2 N–H and O–H groups in total. The van der Waals surface area contributed by atoms with E-state index in [1.165, 1.54) is 38.0 Å². The Morgan fingerprint density at radius 1 is 1.28 bits per heavy atom. The summed E-state index contributed by atoms with van der Waals surface area (Å²) in [4.78, 5) is 6.98. The van der Waals surface area contributed by atoms with Crippen LogP contribution in [0.5, 0.6) is 0 Å². The number of guanidine groups is 1. The lowest BCUT2D eigenvalue weighted by atomic mass is 9.97. The number of benzene rings is 1. The van der Waals surface area contributed by atoms with Crippen molar-refractivity contribution in [3.63, 3.8) is 0 Å². The smallest absolute Gasteiger partial charge is 0.191 e. The maximum Gasteiger partial charge on any atom is 0.191 e. The average molecular weight is 365 g/mol. The number of halogens is 1. The topological polar surface area (TPSA) is 39.7 Å². The second kappa shape index (κ2) is 10.0. The summed E-state index contributed by atoms with van der Waals surface area (Å²) in [6.07, 6.45) is 2.59. The van der Waals surface area contributed by atoms with Gasteiger partial charge in [0.1, 0.15) is 0 Å². The van der Waals surface area contributed by atoms with Crippen molar-refractivity contribution >= 4 is 17.6 Å². The van der Waals surface area contributed by atoms with E-state index in [1.54, 1.807) is 0 Å². The third-order valence-corrected chi connectivity index (χ3v) is 4.98. The molecule has 1 aliphatic heterocycles. The Morgan fingerprint density at radius 3 is 2.64 bits per heavy atom. The van der Waals surface area contributed by atoms with Gasteiger partial charge >= 0.3 is 0 Å². The first-order chi connectivity index (χ1) is 12.0. The molecule has 4 nitrogen and oxygen atoms in total. The molecule has 2 atom stereocenters. The molecular weight excluding hydrogens is 332 g/mol. The molecule has 0 saturated carbocycles. The number of likely N-dealkylation sites (tertiary alicyclic amines) is 1. The minimum Gasteiger partial charge on any atom is -0.356 e. The Bertz CT molecular complexity index is 541. The lowest BCUT2D eigenvalue weighted by Crippen LogP contribution is -2.45. The van der Waals surface area contributed by atoms with Crippen molar-refractivity contribution in [1.82, 2.24) is 15.5 Å². The number of piperidine rings is 1. The van der Waals surface area contributed by atoms with Gasteiger partial charge in [0.25, 0.3) is 0 Å². The molecule has 0 amide bonds. The maximum absolute atomic E-state index is 5.97. The van der Waals surface area contributed by atoms with Crippen LogP contribution in [0, 0.1) is 11.8 Å². The highest BCUT2D eigenvalue weighted by molar-refractivity contribution is 6.30. The molecule has 0 aliphatic carbocycles. The van der Waals surface area contributed by atoms with Crippen molar-refractivity contribution in [3.8, 4) is 0 Å². The van der Waals surface area contributed by atoms with Gasteiger partial charge in [-0.3, -0.25) is 4.99 Å². The zero-order valence-electron chi connectivity index (χ0n) is 16.1. The largest absolute Gasteiger partial charge is 0.356 e. The van der Waals surface area contributed by atoms with Crippen LogP contribution in [-0.4, -0.2) is 44.1 Å². The first kappa shape index (κ1) is 20.1. The summed E-state index contributed by atoms with van der Waals surface area (Å²) in [5.41, 5.74) is 1.20. The Morgan fingerprint density at radius 2 is 2.00 bits per heavy atom. The third-order valence-electron chi connectivity index (χ3n) is 4.73. The molecular formula is C20H33ClN4. The molecule has 1 saturated heterocycles. The molecule has 1 fully saturated rings. The van der Waals surface area contributed by atoms with Crippen molar-refractivity contribution in [1.29, 1.82) is 0 Å². The van der Waals surface area contributed by atoms with E-state index in [4.69, 9.17) is 11.6 Å². The average Bonchev–Trinajstić information content (AvgIpc) is 2.58. The van der Waals surface area contributed by atoms with Crippen LogP contribution in [-0.2, 0) is 0 Å². The van der Waals surface area contributed by atoms with Gasteiger partial charge in [0, 0.05) is 31.7 Å². The zero-order chi connectivity index (χ0) is 18.2. The van der Waals surface area contributed by atoms with Crippen molar-refractivity contribution in [3.05, 3.63) is 34.9 Å². The number of aliphatic imine (C=N–C) groups is 1. The number of rotatable bonds is 6. The quantitative estimate of drug-likeness (QED) is 0.593. The lowest BCUT2D eigenvalue weighted by Gasteiger charge is -2.34. The molecule has 0 aromatic heterocycles. The molecule has 1 heterocycles. The number of nitrogens with zero attached hydrogens (tertiary/aromatic N) is 2. The van der Waals surface area contributed by atoms with Gasteiger partial charge in [0.2, 0.25) is 0 Å². The predicted octanol–water partition coefficient (Wildman–Crippen LogP) is 3.93. The minimum atomic E-state index is 0.187. The molecule has 1 aromatic rings. The molecule has 2 unspecified atom stereocenters. The van der Waals surface area contributed by atoms with Crippen molar-refractivity contribution in [2.45, 2.75) is 39.7 Å². The SMILES string of the molecule is CN=C(NCC1CCCN(CC(C)C)C1)NC(C)c1ccc(Cl)cc1. The number of hydrogen-bond acceptors (Lipinski definition) is 2. The van der Waals surface area contributed by atoms with Crippen LogP contribution in [0.1, 0.15) is 45.2 Å². The number of hydrogen-bond donors (Lipinski definition) is 2. The second-order valence-electron chi connectivity index (χ2n) is 7.53. The van der Waals surface area contributed by atoms with Crippen LogP contribution >= 0.6 is 11.6 Å². The Balaban J connectivity index is 1.80. The molecule has 0 bridgehead atoms. The summed E-state index contributed by atoms with van der Waals surface area (Å²) < 4.78 is 0. The van der Waals surface area contributed by atoms with E-state index >= 15 is 0 Å². The summed E-state index contributed by atoms with van der Waals surface area (Å²) in [7, 11) is 1.83. The van der Waals surface area contributed by atoms with Gasteiger partial charge in [-0.05, 0) is 55.8 Å². The molecule has 2 rings (SSSR count). The summed E-state index contributed by atoms with van der Waals surface area (Å²) >= 11 is 5.97. The summed E-state index contributed by atoms with van der Waals surface area (Å²) in [5, 5.41) is 7.74. The molecule has 0 radical (unpaired) electrons. The van der Waals surface area contributed by atoms with E-state index in [0.717, 1.165) is 23.4 Å². The highest BCUT2D eigenvalue weighted by Gasteiger charge is 2.20. The fourth-order valence-electron chi connectivity index (χ4n) is 3.48. The summed E-state index contributed by atoms with van der Waals surface area (Å²) in [5.74, 6) is 2.29. The van der Waals surface area contributed by atoms with E-state index in [2.05, 4.69) is 53.4 Å². The summed E-state index contributed by atoms with van der Waals surface area (Å²) in [6.45, 7) is 11.3. The molecule has 140 valence electrons. The van der Waals surface area contributed by atoms with E-state index in [9.17, 15) is 0 Å². The van der Waals surface area contributed by atoms with Crippen LogP contribution in [0.4, 0.5) is 0 Å². The van der Waals surface area contributed by atoms with Gasteiger partial charge in [-0.2, -0.15) is 0 Å². The molecule has 1 aliphatic rings. The maximum atomic E-state index is 5.97. The normalized spacial score (nSPS) is 20.6. The van der Waals surface area contributed by atoms with Gasteiger partial charge in [-0.15, -0.1) is 0 Å². The van der Waals surface area contributed by atoms with E-state index < -0.39 is 0 Å². The van der Waals surface area contributed by atoms with Crippen LogP contribution in [0.25, 0.3) is 0 Å². The Hall–Kier alpha value is -1.26. The highest BCUT2D eigenvalue weighted by Crippen LogP contribution is 2.18. The molecule has 0 spiro atoms. The Kier molecular flexibility index (Phi) is 8.04. The summed E-state index contributed by atoms with van der Waals surface area (Å²) in [6, 6.07) is 8.15. The van der Waals surface area contributed by atoms with Gasteiger partial charge in [0.05, 0.1) is 6.04 Å². The van der Waals surface area contributed by atoms with Crippen LogP contribution in [0.15, 0.2) is 29.3 Å². The molecule has 1 aromatic carbocycles. The van der Waals surface area contributed by atoms with Crippen LogP contribution < -0.4 is 10.6 Å². The fourth-order valence-corrected chi connectivity index (χ4v) is 3.60. The van der Waals surface area contributed by atoms with Crippen molar-refractivity contribution in [2.75, 3.05) is 33.2 Å². The highest BCUT2D eigenvalue weighted by atomic mass is 35.5. The van der Waals surface area contributed by atoms with E-state index in [-0.39, 0.29) is 6.04 Å². The monoisotopic (exact) mass is 364 g/mol. The Labute approximate surface area is 158 Å². The fraction of sp³-hybridized carbons (Fsp3) is 0.650. The van der Waals surface area contributed by atoms with Gasteiger partial charge in [0.15, 0.2) is 5.96 Å². The third kappa shape index (κ3) is 6.87. The molecule has 25 heavy (non-hydrogen) atoms. The zero-order valence-corrected chi connectivity index (χ0v) is 16.8. The van der Waals surface area contributed by atoms with Gasteiger partial charge < -0.3 is 15.5 Å².